The molecule has 32 heavy (non-hydrogen) atoms. The maximum Gasteiger partial charge on any atom is 0.410 e. The number of likely N-dealkylation sites (tertiary alicyclic amines) is 1. The van der Waals surface area contributed by atoms with Gasteiger partial charge in [0.05, 0.1) is 11.6 Å². The highest BCUT2D eigenvalue weighted by molar-refractivity contribution is 5.97. The van der Waals surface area contributed by atoms with Gasteiger partial charge in [-0.3, -0.25) is 4.79 Å². The lowest BCUT2D eigenvalue weighted by molar-refractivity contribution is 0.0244. The zero-order valence-corrected chi connectivity index (χ0v) is 19.1. The molecule has 4 rings (SSSR count). The number of nitrogens with zero attached hydrogens (tertiary/aromatic N) is 2. The Morgan fingerprint density at radius 1 is 0.938 bits per heavy atom. The van der Waals surface area contributed by atoms with Crippen molar-refractivity contribution in [2.24, 2.45) is 0 Å². The summed E-state index contributed by atoms with van der Waals surface area (Å²) in [5.74, 6) is 1.22. The van der Waals surface area contributed by atoms with E-state index in [1.807, 2.05) is 80.3 Å². The van der Waals surface area contributed by atoms with Crippen molar-refractivity contribution >= 4 is 12.0 Å². The molecule has 1 aliphatic heterocycles. The monoisotopic (exact) mass is 436 g/mol. The standard InChI is InChI=1S/C26H32N2O4/c1-26(2,3)32-25(30)27-17-16-20(18-27)28(19-10-9-11-19)24(29)22-14-7-8-15-23(22)31-21-12-5-4-6-13-21/h4-8,12-15,19-20H,9-11,16-18H2,1-3H3/t20-/m0/s1. The molecule has 1 atom stereocenters. The van der Waals surface area contributed by atoms with Crippen molar-refractivity contribution in [3.05, 3.63) is 60.2 Å². The third-order valence-corrected chi connectivity index (χ3v) is 6.00. The van der Waals surface area contributed by atoms with Gasteiger partial charge >= 0.3 is 6.09 Å². The minimum atomic E-state index is -0.535. The molecule has 0 radical (unpaired) electrons. The van der Waals surface area contributed by atoms with E-state index in [2.05, 4.69) is 0 Å². The average Bonchev–Trinajstić information content (AvgIpc) is 3.20. The maximum absolute atomic E-state index is 13.8. The van der Waals surface area contributed by atoms with Crippen LogP contribution >= 0.6 is 0 Å². The molecule has 2 aromatic carbocycles. The number of carbonyl (C=O) groups excluding carboxylic acids is 2. The quantitative estimate of drug-likeness (QED) is 0.622. The molecular weight excluding hydrogens is 404 g/mol. The van der Waals surface area contributed by atoms with E-state index in [-0.39, 0.29) is 24.1 Å². The molecule has 1 saturated heterocycles. The van der Waals surface area contributed by atoms with E-state index in [9.17, 15) is 9.59 Å². The van der Waals surface area contributed by atoms with E-state index in [1.54, 1.807) is 4.90 Å². The lowest BCUT2D eigenvalue weighted by Gasteiger charge is -2.41. The Kier molecular flexibility index (Phi) is 6.40. The van der Waals surface area contributed by atoms with Crippen LogP contribution in [0.15, 0.2) is 54.6 Å². The molecular formula is C26H32N2O4. The molecule has 2 aliphatic rings. The van der Waals surface area contributed by atoms with Crippen molar-refractivity contribution in [2.75, 3.05) is 13.1 Å². The predicted molar refractivity (Wildman–Crippen MR) is 123 cm³/mol. The molecule has 6 nitrogen and oxygen atoms in total. The number of benzene rings is 2. The van der Waals surface area contributed by atoms with E-state index in [0.29, 0.717) is 30.2 Å². The summed E-state index contributed by atoms with van der Waals surface area (Å²) in [5, 5.41) is 0. The van der Waals surface area contributed by atoms with Gasteiger partial charge in [-0.15, -0.1) is 0 Å². The van der Waals surface area contributed by atoms with E-state index in [0.717, 1.165) is 25.7 Å². The van der Waals surface area contributed by atoms with Gasteiger partial charge in [-0.1, -0.05) is 30.3 Å². The summed E-state index contributed by atoms with van der Waals surface area (Å²) in [7, 11) is 0. The minimum absolute atomic E-state index is 0.0231. The maximum atomic E-state index is 13.8. The Hall–Kier alpha value is -3.02. The van der Waals surface area contributed by atoms with Crippen LogP contribution in [0.4, 0.5) is 4.79 Å². The third kappa shape index (κ3) is 5.06. The molecule has 6 heteroatoms. The van der Waals surface area contributed by atoms with Gasteiger partial charge in [0.25, 0.3) is 5.91 Å². The Labute approximate surface area is 190 Å². The fraction of sp³-hybridized carbons (Fsp3) is 0.462. The van der Waals surface area contributed by atoms with Gasteiger partial charge in [-0.25, -0.2) is 4.79 Å². The van der Waals surface area contributed by atoms with Crippen LogP contribution in [0.25, 0.3) is 0 Å². The lowest BCUT2D eigenvalue weighted by atomic mass is 9.89. The molecule has 2 amide bonds. The zero-order chi connectivity index (χ0) is 22.7. The Bertz CT molecular complexity index is 950. The number of carbonyl (C=O) groups is 2. The van der Waals surface area contributed by atoms with E-state index in [1.165, 1.54) is 0 Å². The van der Waals surface area contributed by atoms with Crippen LogP contribution in [0.5, 0.6) is 11.5 Å². The first kappa shape index (κ1) is 22.2. The largest absolute Gasteiger partial charge is 0.457 e. The number of hydrogen-bond acceptors (Lipinski definition) is 4. The van der Waals surface area contributed by atoms with Crippen LogP contribution in [0.1, 0.15) is 56.8 Å². The number of hydrogen-bond donors (Lipinski definition) is 0. The zero-order valence-electron chi connectivity index (χ0n) is 19.1. The molecule has 0 bridgehead atoms. The molecule has 170 valence electrons. The second-order valence-electron chi connectivity index (χ2n) is 9.58. The first-order chi connectivity index (χ1) is 15.3. The lowest BCUT2D eigenvalue weighted by Crippen LogP contribution is -2.51. The number of amides is 2. The third-order valence-electron chi connectivity index (χ3n) is 6.00. The average molecular weight is 437 g/mol. The molecule has 0 aromatic heterocycles. The molecule has 0 unspecified atom stereocenters. The summed E-state index contributed by atoms with van der Waals surface area (Å²) in [5.41, 5.74) is 0.0193. The van der Waals surface area contributed by atoms with Gasteiger partial charge in [0.1, 0.15) is 17.1 Å². The van der Waals surface area contributed by atoms with Crippen molar-refractivity contribution in [1.82, 2.24) is 9.80 Å². The normalized spacial score (nSPS) is 18.7. The van der Waals surface area contributed by atoms with Gasteiger partial charge in [-0.2, -0.15) is 0 Å². The van der Waals surface area contributed by atoms with Crippen LogP contribution < -0.4 is 4.74 Å². The molecule has 1 aliphatic carbocycles. The van der Waals surface area contributed by atoms with Gasteiger partial charge in [0, 0.05) is 19.1 Å². The van der Waals surface area contributed by atoms with Crippen molar-refractivity contribution in [1.29, 1.82) is 0 Å². The smallest absolute Gasteiger partial charge is 0.410 e. The van der Waals surface area contributed by atoms with Crippen LogP contribution in [-0.2, 0) is 4.74 Å². The topological polar surface area (TPSA) is 59.1 Å². The fourth-order valence-corrected chi connectivity index (χ4v) is 4.24. The summed E-state index contributed by atoms with van der Waals surface area (Å²) in [4.78, 5) is 30.1. The van der Waals surface area contributed by atoms with Crippen LogP contribution in [-0.4, -0.2) is 52.6 Å². The first-order valence-electron chi connectivity index (χ1n) is 11.4. The first-order valence-corrected chi connectivity index (χ1v) is 11.4. The number of para-hydroxylation sites is 2. The highest BCUT2D eigenvalue weighted by Crippen LogP contribution is 2.34. The van der Waals surface area contributed by atoms with Gasteiger partial charge in [-0.05, 0) is 70.7 Å². The van der Waals surface area contributed by atoms with Gasteiger partial charge in [0.15, 0.2) is 0 Å². The molecule has 1 saturated carbocycles. The summed E-state index contributed by atoms with van der Waals surface area (Å²) >= 11 is 0. The Morgan fingerprint density at radius 2 is 1.62 bits per heavy atom. The van der Waals surface area contributed by atoms with Crippen LogP contribution in [0.2, 0.25) is 0 Å². The predicted octanol–water partition coefficient (Wildman–Crippen LogP) is 5.48. The second kappa shape index (κ2) is 9.23. The number of ether oxygens (including phenoxy) is 2. The second-order valence-corrected chi connectivity index (χ2v) is 9.58. The van der Waals surface area contributed by atoms with Crippen LogP contribution in [0.3, 0.4) is 0 Å². The minimum Gasteiger partial charge on any atom is -0.457 e. The summed E-state index contributed by atoms with van der Waals surface area (Å²) < 4.78 is 11.6. The number of rotatable bonds is 5. The Balaban J connectivity index is 1.54. The highest BCUT2D eigenvalue weighted by atomic mass is 16.6. The summed E-state index contributed by atoms with van der Waals surface area (Å²) in [6.45, 7) is 6.70. The van der Waals surface area contributed by atoms with Gasteiger partial charge < -0.3 is 19.3 Å². The van der Waals surface area contributed by atoms with E-state index >= 15 is 0 Å². The molecule has 1 heterocycles. The van der Waals surface area contributed by atoms with Crippen molar-refractivity contribution in [2.45, 2.75) is 64.1 Å². The van der Waals surface area contributed by atoms with Crippen LogP contribution in [0, 0.1) is 0 Å². The van der Waals surface area contributed by atoms with Crippen molar-refractivity contribution < 1.29 is 19.1 Å². The molecule has 2 aromatic rings. The van der Waals surface area contributed by atoms with E-state index in [4.69, 9.17) is 9.47 Å². The highest BCUT2D eigenvalue weighted by Gasteiger charge is 2.40. The summed E-state index contributed by atoms with van der Waals surface area (Å²) in [6, 6.07) is 17.1. The molecule has 2 fully saturated rings. The molecule has 0 N–H and O–H groups in total. The van der Waals surface area contributed by atoms with Gasteiger partial charge in [0.2, 0.25) is 0 Å². The SMILES string of the molecule is CC(C)(C)OC(=O)N1CC[C@H](N(C(=O)c2ccccc2Oc2ccccc2)C2CCC2)C1. The molecule has 0 spiro atoms. The fourth-order valence-electron chi connectivity index (χ4n) is 4.24. The Morgan fingerprint density at radius 3 is 2.28 bits per heavy atom. The van der Waals surface area contributed by atoms with E-state index < -0.39 is 5.60 Å². The summed E-state index contributed by atoms with van der Waals surface area (Å²) in [6.07, 6.45) is 3.56. The van der Waals surface area contributed by atoms with Crippen molar-refractivity contribution in [3.63, 3.8) is 0 Å². The van der Waals surface area contributed by atoms with Crippen molar-refractivity contribution in [3.8, 4) is 11.5 Å².